The number of alkyl halides is 1. The molecule has 0 radical (unpaired) electrons. The molecule has 0 unspecified atom stereocenters. The number of hydrogen-bond donors (Lipinski definition) is 1. The zero-order valence-electron chi connectivity index (χ0n) is 10.1. The number of nitrogens with two attached hydrogens (primary N) is 1. The summed E-state index contributed by atoms with van der Waals surface area (Å²) in [5.41, 5.74) is 6.77. The van der Waals surface area contributed by atoms with Crippen LogP contribution in [0.15, 0.2) is 24.3 Å². The number of hydrogen-bond acceptors (Lipinski definition) is 2. The SMILES string of the molecule is NCCc1ccccc1CC1(F)CCOCC1. The molecule has 3 heteroatoms. The third-order valence-electron chi connectivity index (χ3n) is 3.43. The lowest BCUT2D eigenvalue weighted by Gasteiger charge is -2.30. The molecule has 1 aliphatic rings. The Bertz CT molecular complexity index is 361. The number of rotatable bonds is 4. The van der Waals surface area contributed by atoms with Crippen molar-refractivity contribution in [3.8, 4) is 0 Å². The number of benzene rings is 1. The van der Waals surface area contributed by atoms with Gasteiger partial charge >= 0.3 is 0 Å². The Morgan fingerprint density at radius 2 is 1.82 bits per heavy atom. The molecule has 0 bridgehead atoms. The molecule has 0 aliphatic carbocycles. The zero-order chi connectivity index (χ0) is 12.1. The van der Waals surface area contributed by atoms with E-state index in [1.165, 1.54) is 5.56 Å². The van der Waals surface area contributed by atoms with E-state index < -0.39 is 5.67 Å². The van der Waals surface area contributed by atoms with Crippen LogP contribution < -0.4 is 5.73 Å². The van der Waals surface area contributed by atoms with Crippen molar-refractivity contribution < 1.29 is 9.13 Å². The molecule has 0 saturated carbocycles. The van der Waals surface area contributed by atoms with Gasteiger partial charge in [0.2, 0.25) is 0 Å². The van der Waals surface area contributed by atoms with Crippen LogP contribution in [0.5, 0.6) is 0 Å². The molecule has 1 aromatic carbocycles. The smallest absolute Gasteiger partial charge is 0.119 e. The Hall–Kier alpha value is -0.930. The Kier molecular flexibility index (Phi) is 4.13. The summed E-state index contributed by atoms with van der Waals surface area (Å²) in [7, 11) is 0. The Balaban J connectivity index is 2.11. The molecule has 0 atom stereocenters. The van der Waals surface area contributed by atoms with Crippen LogP contribution in [0, 0.1) is 0 Å². The fourth-order valence-corrected chi connectivity index (χ4v) is 2.38. The van der Waals surface area contributed by atoms with Gasteiger partial charge in [0.25, 0.3) is 0 Å². The molecular weight excluding hydrogens is 217 g/mol. The minimum atomic E-state index is -1.09. The van der Waals surface area contributed by atoms with E-state index in [9.17, 15) is 4.39 Å². The van der Waals surface area contributed by atoms with E-state index in [1.807, 2.05) is 24.3 Å². The van der Waals surface area contributed by atoms with Crippen molar-refractivity contribution in [2.45, 2.75) is 31.4 Å². The van der Waals surface area contributed by atoms with Crippen molar-refractivity contribution in [1.29, 1.82) is 0 Å². The van der Waals surface area contributed by atoms with Crippen LogP contribution >= 0.6 is 0 Å². The highest BCUT2D eigenvalue weighted by molar-refractivity contribution is 5.29. The molecule has 1 fully saturated rings. The molecule has 94 valence electrons. The highest BCUT2D eigenvalue weighted by Crippen LogP contribution is 2.30. The van der Waals surface area contributed by atoms with Gasteiger partial charge < -0.3 is 10.5 Å². The summed E-state index contributed by atoms with van der Waals surface area (Å²) >= 11 is 0. The third kappa shape index (κ3) is 3.27. The first-order valence-electron chi connectivity index (χ1n) is 6.27. The second-order valence-corrected chi connectivity index (χ2v) is 4.75. The molecule has 2 N–H and O–H groups in total. The molecule has 1 saturated heterocycles. The second kappa shape index (κ2) is 5.61. The lowest BCUT2D eigenvalue weighted by atomic mass is 9.87. The summed E-state index contributed by atoms with van der Waals surface area (Å²) in [5.74, 6) is 0. The normalized spacial score (nSPS) is 19.2. The number of halogens is 1. The molecule has 0 amide bonds. The first-order valence-corrected chi connectivity index (χ1v) is 6.27. The van der Waals surface area contributed by atoms with Gasteiger partial charge in [-0.3, -0.25) is 0 Å². The van der Waals surface area contributed by atoms with Crippen LogP contribution in [-0.2, 0) is 17.6 Å². The van der Waals surface area contributed by atoms with E-state index in [1.54, 1.807) is 0 Å². The van der Waals surface area contributed by atoms with Gasteiger partial charge in [-0.2, -0.15) is 0 Å². The van der Waals surface area contributed by atoms with E-state index in [4.69, 9.17) is 10.5 Å². The fourth-order valence-electron chi connectivity index (χ4n) is 2.38. The van der Waals surface area contributed by atoms with Crippen molar-refractivity contribution in [1.82, 2.24) is 0 Å². The van der Waals surface area contributed by atoms with Gasteiger partial charge in [-0.25, -0.2) is 4.39 Å². The summed E-state index contributed by atoms with van der Waals surface area (Å²) < 4.78 is 19.8. The summed E-state index contributed by atoms with van der Waals surface area (Å²) in [4.78, 5) is 0. The predicted molar refractivity (Wildman–Crippen MR) is 66.8 cm³/mol. The molecule has 2 rings (SSSR count). The molecule has 17 heavy (non-hydrogen) atoms. The molecular formula is C14H20FNO. The van der Waals surface area contributed by atoms with Gasteiger partial charge in [0.05, 0.1) is 0 Å². The van der Waals surface area contributed by atoms with E-state index >= 15 is 0 Å². The Labute approximate surface area is 102 Å². The van der Waals surface area contributed by atoms with Gasteiger partial charge in [-0.05, 0) is 24.1 Å². The van der Waals surface area contributed by atoms with Crippen molar-refractivity contribution in [2.24, 2.45) is 5.73 Å². The topological polar surface area (TPSA) is 35.2 Å². The molecule has 1 aliphatic heterocycles. The first kappa shape index (κ1) is 12.5. The highest BCUT2D eigenvalue weighted by atomic mass is 19.1. The average molecular weight is 237 g/mol. The van der Waals surface area contributed by atoms with E-state index in [-0.39, 0.29) is 0 Å². The summed E-state index contributed by atoms with van der Waals surface area (Å²) in [6.07, 6.45) is 2.32. The fraction of sp³-hybridized carbons (Fsp3) is 0.571. The van der Waals surface area contributed by atoms with Crippen molar-refractivity contribution in [3.63, 3.8) is 0 Å². The minimum Gasteiger partial charge on any atom is -0.381 e. The highest BCUT2D eigenvalue weighted by Gasteiger charge is 2.32. The van der Waals surface area contributed by atoms with Crippen LogP contribution in [-0.4, -0.2) is 25.4 Å². The minimum absolute atomic E-state index is 0.493. The van der Waals surface area contributed by atoms with Crippen LogP contribution in [0.4, 0.5) is 4.39 Å². The standard InChI is InChI=1S/C14H20FNO/c15-14(6-9-17-10-7-14)11-13-4-2-1-3-12(13)5-8-16/h1-4H,5-11,16H2. The van der Waals surface area contributed by atoms with Crippen LogP contribution in [0.1, 0.15) is 24.0 Å². The quantitative estimate of drug-likeness (QED) is 0.871. The van der Waals surface area contributed by atoms with Crippen molar-refractivity contribution >= 4 is 0 Å². The van der Waals surface area contributed by atoms with E-state index in [0.717, 1.165) is 12.0 Å². The lowest BCUT2D eigenvalue weighted by Crippen LogP contribution is -2.34. The number of ether oxygens (including phenoxy) is 1. The van der Waals surface area contributed by atoms with Gasteiger partial charge in [-0.15, -0.1) is 0 Å². The van der Waals surface area contributed by atoms with E-state index in [2.05, 4.69) is 0 Å². The van der Waals surface area contributed by atoms with Gasteiger partial charge in [0, 0.05) is 32.5 Å². The van der Waals surface area contributed by atoms with E-state index in [0.29, 0.717) is 39.0 Å². The average Bonchev–Trinajstić information content (AvgIpc) is 2.32. The van der Waals surface area contributed by atoms with Crippen molar-refractivity contribution in [3.05, 3.63) is 35.4 Å². The van der Waals surface area contributed by atoms with Crippen LogP contribution in [0.3, 0.4) is 0 Å². The monoisotopic (exact) mass is 237 g/mol. The predicted octanol–water partition coefficient (Wildman–Crippen LogP) is 2.25. The van der Waals surface area contributed by atoms with Crippen molar-refractivity contribution in [2.75, 3.05) is 19.8 Å². The maximum atomic E-state index is 14.6. The summed E-state index contributed by atoms with van der Waals surface area (Å²) in [6, 6.07) is 8.02. The Morgan fingerprint density at radius 3 is 2.47 bits per heavy atom. The molecule has 0 aromatic heterocycles. The molecule has 2 nitrogen and oxygen atoms in total. The van der Waals surface area contributed by atoms with Crippen LogP contribution in [0.25, 0.3) is 0 Å². The maximum Gasteiger partial charge on any atom is 0.119 e. The summed E-state index contributed by atoms with van der Waals surface area (Å²) in [5, 5.41) is 0. The first-order chi connectivity index (χ1) is 8.23. The molecule has 1 aromatic rings. The summed E-state index contributed by atoms with van der Waals surface area (Å²) in [6.45, 7) is 1.69. The largest absolute Gasteiger partial charge is 0.381 e. The van der Waals surface area contributed by atoms with Gasteiger partial charge in [0.15, 0.2) is 0 Å². The maximum absolute atomic E-state index is 14.6. The zero-order valence-corrected chi connectivity index (χ0v) is 10.1. The van der Waals surface area contributed by atoms with Crippen LogP contribution in [0.2, 0.25) is 0 Å². The van der Waals surface area contributed by atoms with Gasteiger partial charge in [0.1, 0.15) is 5.67 Å². The molecule has 0 spiro atoms. The second-order valence-electron chi connectivity index (χ2n) is 4.75. The Morgan fingerprint density at radius 1 is 1.18 bits per heavy atom. The van der Waals surface area contributed by atoms with Gasteiger partial charge in [-0.1, -0.05) is 24.3 Å². The third-order valence-corrected chi connectivity index (χ3v) is 3.43. The lowest BCUT2D eigenvalue weighted by molar-refractivity contribution is -0.00825. The molecule has 1 heterocycles.